The largest absolute Gasteiger partial charge is 0.366 e. The first-order valence-electron chi connectivity index (χ1n) is 6.54. The summed E-state index contributed by atoms with van der Waals surface area (Å²) in [5.41, 5.74) is 6.76. The van der Waals surface area contributed by atoms with Crippen LogP contribution in [0.5, 0.6) is 0 Å². The van der Waals surface area contributed by atoms with Crippen molar-refractivity contribution < 1.29 is 9.59 Å². The molecule has 1 aliphatic rings. The third kappa shape index (κ3) is 4.37. The third-order valence-electron chi connectivity index (χ3n) is 3.12. The normalized spacial score (nSPS) is 14.1. The zero-order valence-electron chi connectivity index (χ0n) is 10.8. The number of carbonyl (C=O) groups is 2. The zero-order chi connectivity index (χ0) is 13.7. The molecule has 0 aliphatic heterocycles. The molecule has 1 fully saturated rings. The summed E-state index contributed by atoms with van der Waals surface area (Å²) in [4.78, 5) is 22.3. The first-order valence-corrected chi connectivity index (χ1v) is 6.54. The van der Waals surface area contributed by atoms with Gasteiger partial charge in [0.25, 0.3) is 0 Å². The molecule has 1 aromatic carbocycles. The predicted molar refractivity (Wildman–Crippen MR) is 72.4 cm³/mol. The van der Waals surface area contributed by atoms with Crippen LogP contribution in [0.4, 0.5) is 0 Å². The minimum absolute atomic E-state index is 0.174. The molecule has 2 amide bonds. The fraction of sp³-hybridized carbons (Fsp3) is 0.429. The Hall–Kier alpha value is -1.88. The van der Waals surface area contributed by atoms with Gasteiger partial charge in [-0.15, -0.1) is 0 Å². The highest BCUT2D eigenvalue weighted by atomic mass is 16.2. The number of amides is 2. The Kier molecular flexibility index (Phi) is 4.52. The minimum atomic E-state index is -0.415. The molecule has 1 saturated carbocycles. The van der Waals surface area contributed by atoms with Crippen LogP contribution in [0.2, 0.25) is 0 Å². The minimum Gasteiger partial charge on any atom is -0.366 e. The summed E-state index contributed by atoms with van der Waals surface area (Å²) in [5, 5.41) is 6.13. The average Bonchev–Trinajstić information content (AvgIpc) is 3.23. The molecule has 0 radical (unpaired) electrons. The quantitative estimate of drug-likeness (QED) is 0.621. The summed E-state index contributed by atoms with van der Waals surface area (Å²) in [6, 6.07) is 7.17. The van der Waals surface area contributed by atoms with Crippen LogP contribution in [-0.4, -0.2) is 24.9 Å². The Morgan fingerprint density at radius 3 is 2.42 bits per heavy atom. The number of benzene rings is 1. The average molecular weight is 261 g/mol. The first kappa shape index (κ1) is 13.5. The second kappa shape index (κ2) is 6.33. The molecule has 5 nitrogen and oxygen atoms in total. The van der Waals surface area contributed by atoms with Crippen molar-refractivity contribution in [1.29, 1.82) is 0 Å². The van der Waals surface area contributed by atoms with Crippen molar-refractivity contribution in [1.82, 2.24) is 10.6 Å². The number of rotatable bonds is 7. The van der Waals surface area contributed by atoms with Gasteiger partial charge in [-0.2, -0.15) is 0 Å². The Labute approximate surface area is 112 Å². The molecule has 0 spiro atoms. The van der Waals surface area contributed by atoms with Gasteiger partial charge in [0, 0.05) is 31.1 Å². The Morgan fingerprint density at radius 2 is 1.84 bits per heavy atom. The van der Waals surface area contributed by atoms with Crippen LogP contribution in [0.1, 0.15) is 28.8 Å². The molecule has 4 N–H and O–H groups in total. The molecule has 102 valence electrons. The number of hydrogen-bond donors (Lipinski definition) is 3. The van der Waals surface area contributed by atoms with Crippen LogP contribution in [0.25, 0.3) is 0 Å². The summed E-state index contributed by atoms with van der Waals surface area (Å²) in [6.07, 6.45) is 2.07. The maximum Gasteiger partial charge on any atom is 0.248 e. The topological polar surface area (TPSA) is 84.2 Å². The third-order valence-corrected chi connectivity index (χ3v) is 3.12. The Bertz CT molecular complexity index is 452. The number of nitrogens with one attached hydrogen (secondary N) is 2. The van der Waals surface area contributed by atoms with Crippen molar-refractivity contribution in [2.24, 2.45) is 11.7 Å². The molecular formula is C14H19N3O2. The molecule has 0 unspecified atom stereocenters. The molecule has 5 heteroatoms. The smallest absolute Gasteiger partial charge is 0.248 e. The summed E-state index contributed by atoms with van der Waals surface area (Å²) < 4.78 is 0. The number of hydrogen-bond acceptors (Lipinski definition) is 3. The van der Waals surface area contributed by atoms with E-state index in [0.717, 1.165) is 24.9 Å². The molecular weight excluding hydrogens is 242 g/mol. The van der Waals surface area contributed by atoms with Crippen molar-refractivity contribution in [2.45, 2.75) is 19.4 Å². The molecule has 19 heavy (non-hydrogen) atoms. The van der Waals surface area contributed by atoms with Gasteiger partial charge in [0.1, 0.15) is 0 Å². The van der Waals surface area contributed by atoms with Crippen LogP contribution >= 0.6 is 0 Å². The predicted octanol–water partition coefficient (Wildman–Crippen LogP) is 0.401. The number of nitrogens with two attached hydrogens (primary N) is 1. The van der Waals surface area contributed by atoms with Crippen molar-refractivity contribution in [3.63, 3.8) is 0 Å². The highest BCUT2D eigenvalue weighted by molar-refractivity contribution is 5.92. The maximum absolute atomic E-state index is 11.4. The molecule has 0 atom stereocenters. The lowest BCUT2D eigenvalue weighted by Gasteiger charge is -2.07. The van der Waals surface area contributed by atoms with Gasteiger partial charge < -0.3 is 16.4 Å². The van der Waals surface area contributed by atoms with Gasteiger partial charge >= 0.3 is 0 Å². The highest BCUT2D eigenvalue weighted by Gasteiger charge is 2.28. The lowest BCUT2D eigenvalue weighted by atomic mass is 10.1. The molecule has 0 bridgehead atoms. The van der Waals surface area contributed by atoms with Crippen LogP contribution in [0, 0.1) is 5.92 Å². The van der Waals surface area contributed by atoms with Crippen LogP contribution in [0.15, 0.2) is 24.3 Å². The summed E-state index contributed by atoms with van der Waals surface area (Å²) in [5.74, 6) is 0.0243. The van der Waals surface area contributed by atoms with E-state index in [9.17, 15) is 9.59 Å². The van der Waals surface area contributed by atoms with Gasteiger partial charge in [-0.25, -0.2) is 0 Å². The summed E-state index contributed by atoms with van der Waals surface area (Å²) in [7, 11) is 0. The number of carbonyl (C=O) groups excluding carboxylic acids is 2. The molecule has 1 aromatic rings. The van der Waals surface area contributed by atoms with Gasteiger partial charge in [0.05, 0.1) is 0 Å². The highest BCUT2D eigenvalue weighted by Crippen LogP contribution is 2.28. The van der Waals surface area contributed by atoms with E-state index in [1.54, 1.807) is 12.1 Å². The van der Waals surface area contributed by atoms with E-state index in [-0.39, 0.29) is 11.8 Å². The second-order valence-corrected chi connectivity index (χ2v) is 4.80. The van der Waals surface area contributed by atoms with E-state index in [0.29, 0.717) is 18.7 Å². The van der Waals surface area contributed by atoms with Gasteiger partial charge in [0.15, 0.2) is 0 Å². The Balaban J connectivity index is 1.62. The SMILES string of the molecule is NC(=O)c1ccc(CNCCNC(=O)C2CC2)cc1. The number of primary amides is 1. The monoisotopic (exact) mass is 261 g/mol. The fourth-order valence-corrected chi connectivity index (χ4v) is 1.78. The van der Waals surface area contributed by atoms with E-state index in [2.05, 4.69) is 10.6 Å². The molecule has 0 saturated heterocycles. The lowest BCUT2D eigenvalue weighted by Crippen LogP contribution is -2.32. The fourth-order valence-electron chi connectivity index (χ4n) is 1.78. The van der Waals surface area contributed by atoms with E-state index >= 15 is 0 Å². The maximum atomic E-state index is 11.4. The van der Waals surface area contributed by atoms with Crippen LogP contribution in [-0.2, 0) is 11.3 Å². The zero-order valence-corrected chi connectivity index (χ0v) is 10.8. The van der Waals surface area contributed by atoms with Crippen molar-refractivity contribution >= 4 is 11.8 Å². The van der Waals surface area contributed by atoms with Gasteiger partial charge in [-0.05, 0) is 30.5 Å². The lowest BCUT2D eigenvalue weighted by molar-refractivity contribution is -0.122. The summed E-state index contributed by atoms with van der Waals surface area (Å²) >= 11 is 0. The second-order valence-electron chi connectivity index (χ2n) is 4.80. The van der Waals surface area contributed by atoms with Gasteiger partial charge in [0.2, 0.25) is 11.8 Å². The van der Waals surface area contributed by atoms with E-state index in [4.69, 9.17) is 5.73 Å². The summed E-state index contributed by atoms with van der Waals surface area (Å²) in [6.45, 7) is 2.09. The molecule has 2 rings (SSSR count). The first-order chi connectivity index (χ1) is 9.16. The van der Waals surface area contributed by atoms with Crippen molar-refractivity contribution in [3.05, 3.63) is 35.4 Å². The van der Waals surface area contributed by atoms with E-state index in [1.807, 2.05) is 12.1 Å². The van der Waals surface area contributed by atoms with Gasteiger partial charge in [-0.3, -0.25) is 9.59 Å². The molecule has 1 aliphatic carbocycles. The Morgan fingerprint density at radius 1 is 1.16 bits per heavy atom. The molecule has 0 heterocycles. The van der Waals surface area contributed by atoms with Crippen molar-refractivity contribution in [2.75, 3.05) is 13.1 Å². The van der Waals surface area contributed by atoms with E-state index in [1.165, 1.54) is 0 Å². The van der Waals surface area contributed by atoms with Crippen molar-refractivity contribution in [3.8, 4) is 0 Å². The van der Waals surface area contributed by atoms with E-state index < -0.39 is 5.91 Å². The standard InChI is InChI=1S/C14H19N3O2/c15-13(18)11-3-1-10(2-4-11)9-16-7-8-17-14(19)12-5-6-12/h1-4,12,16H,5-9H2,(H2,15,18)(H,17,19). The van der Waals surface area contributed by atoms with Gasteiger partial charge in [-0.1, -0.05) is 12.1 Å². The van der Waals surface area contributed by atoms with Crippen LogP contribution < -0.4 is 16.4 Å². The van der Waals surface area contributed by atoms with Crippen LogP contribution in [0.3, 0.4) is 0 Å². The molecule has 0 aromatic heterocycles.